The van der Waals surface area contributed by atoms with E-state index < -0.39 is 24.0 Å². The maximum Gasteiger partial charge on any atom is 0.408 e. The molecule has 0 bridgehead atoms. The quantitative estimate of drug-likeness (QED) is 0.923. The van der Waals surface area contributed by atoms with Crippen LogP contribution in [0.25, 0.3) is 0 Å². The average molecular weight is 276 g/mol. The Balaban J connectivity index is 2.09. The van der Waals surface area contributed by atoms with Crippen molar-refractivity contribution >= 4 is 5.91 Å². The Kier molecular flexibility index (Phi) is 3.82. The van der Waals surface area contributed by atoms with Crippen LogP contribution < -0.4 is 5.32 Å². The molecule has 7 heteroatoms. The fourth-order valence-electron chi connectivity index (χ4n) is 2.44. The van der Waals surface area contributed by atoms with E-state index in [4.69, 9.17) is 0 Å². The normalized spacial score (nSPS) is 18.5. The third-order valence-electron chi connectivity index (χ3n) is 3.36. The molecule has 1 saturated carbocycles. The highest BCUT2D eigenvalue weighted by atomic mass is 19.4. The molecule has 0 aromatic carbocycles. The molecule has 0 aliphatic heterocycles. The minimum atomic E-state index is -4.44. The minimum Gasteiger partial charge on any atom is -0.351 e. The molecule has 1 fully saturated rings. The second-order valence-corrected chi connectivity index (χ2v) is 4.87. The number of carbonyl (C=O) groups is 1. The largest absolute Gasteiger partial charge is 0.408 e. The number of carbonyl (C=O) groups excluding carboxylic acids is 1. The Morgan fingerprint density at radius 1 is 1.47 bits per heavy atom. The number of rotatable bonds is 3. The van der Waals surface area contributed by atoms with Crippen LogP contribution in [-0.4, -0.2) is 23.3 Å². The van der Waals surface area contributed by atoms with Crippen molar-refractivity contribution < 1.29 is 22.5 Å². The highest BCUT2D eigenvalue weighted by Gasteiger charge is 2.46. The highest BCUT2D eigenvalue weighted by molar-refractivity contribution is 5.91. The lowest BCUT2D eigenvalue weighted by Gasteiger charge is -2.26. The number of nitrogens with one attached hydrogen (secondary N) is 1. The van der Waals surface area contributed by atoms with Gasteiger partial charge in [-0.3, -0.25) is 4.79 Å². The third-order valence-corrected chi connectivity index (χ3v) is 3.36. The van der Waals surface area contributed by atoms with Crippen molar-refractivity contribution in [2.75, 3.05) is 0 Å². The number of nitrogens with zero attached hydrogens (tertiary/aromatic N) is 1. The molecule has 2 rings (SSSR count). The molecule has 0 radical (unpaired) electrons. The number of aromatic nitrogens is 1. The standard InChI is InChI=1S/C12H15F3N2O2/c1-7-6-9(19-17-7)11(18)16-10(12(13,14)15)8-4-2-3-5-8/h6,8,10H,2-5H2,1H3,(H,16,18). The van der Waals surface area contributed by atoms with Gasteiger partial charge in [-0.25, -0.2) is 0 Å². The SMILES string of the molecule is Cc1cc(C(=O)NC(C2CCCC2)C(F)(F)F)on1. The summed E-state index contributed by atoms with van der Waals surface area (Å²) < 4.78 is 43.6. The number of halogens is 3. The lowest BCUT2D eigenvalue weighted by molar-refractivity contribution is -0.164. The van der Waals surface area contributed by atoms with Crippen LogP contribution in [0.2, 0.25) is 0 Å². The van der Waals surface area contributed by atoms with Gasteiger partial charge in [0.05, 0.1) is 5.69 Å². The fourth-order valence-corrected chi connectivity index (χ4v) is 2.44. The number of amides is 1. The summed E-state index contributed by atoms with van der Waals surface area (Å²) in [6, 6.07) is -0.495. The van der Waals surface area contributed by atoms with E-state index in [-0.39, 0.29) is 5.76 Å². The summed E-state index contributed by atoms with van der Waals surface area (Å²) in [5.41, 5.74) is 0.453. The van der Waals surface area contributed by atoms with E-state index in [2.05, 4.69) is 9.68 Å². The van der Waals surface area contributed by atoms with Crippen molar-refractivity contribution in [1.29, 1.82) is 0 Å². The number of aryl methyl sites for hydroxylation is 1. The number of hydrogen-bond acceptors (Lipinski definition) is 3. The number of alkyl halides is 3. The van der Waals surface area contributed by atoms with Gasteiger partial charge in [-0.05, 0) is 25.7 Å². The lowest BCUT2D eigenvalue weighted by atomic mass is 9.97. The van der Waals surface area contributed by atoms with Crippen molar-refractivity contribution in [3.8, 4) is 0 Å². The molecule has 1 aromatic rings. The Bertz CT molecular complexity index is 450. The molecule has 1 aromatic heterocycles. The van der Waals surface area contributed by atoms with Crippen molar-refractivity contribution in [1.82, 2.24) is 10.5 Å². The molecular formula is C12H15F3N2O2. The Labute approximate surface area is 108 Å². The van der Waals surface area contributed by atoms with Crippen LogP contribution in [-0.2, 0) is 0 Å². The molecule has 1 unspecified atom stereocenters. The first-order chi connectivity index (χ1) is 8.88. The van der Waals surface area contributed by atoms with Crippen LogP contribution in [0, 0.1) is 12.8 Å². The molecule has 106 valence electrons. The van der Waals surface area contributed by atoms with Crippen molar-refractivity contribution in [2.24, 2.45) is 5.92 Å². The van der Waals surface area contributed by atoms with Gasteiger partial charge in [0, 0.05) is 6.07 Å². The van der Waals surface area contributed by atoms with Gasteiger partial charge in [0.1, 0.15) is 6.04 Å². The van der Waals surface area contributed by atoms with Gasteiger partial charge in [0.15, 0.2) is 0 Å². The second kappa shape index (κ2) is 5.22. The van der Waals surface area contributed by atoms with Crippen LogP contribution in [0.5, 0.6) is 0 Å². The molecule has 1 amide bonds. The molecule has 0 spiro atoms. The topological polar surface area (TPSA) is 55.1 Å². The van der Waals surface area contributed by atoms with E-state index in [0.717, 1.165) is 12.8 Å². The summed E-state index contributed by atoms with van der Waals surface area (Å²) in [6.07, 6.45) is -1.93. The van der Waals surface area contributed by atoms with Crippen molar-refractivity contribution in [3.63, 3.8) is 0 Å². The van der Waals surface area contributed by atoms with E-state index in [1.807, 2.05) is 5.32 Å². The van der Waals surface area contributed by atoms with Gasteiger partial charge in [-0.1, -0.05) is 18.0 Å². The van der Waals surface area contributed by atoms with E-state index in [0.29, 0.717) is 18.5 Å². The van der Waals surface area contributed by atoms with Crippen LogP contribution in [0.4, 0.5) is 13.2 Å². The molecule has 0 saturated heterocycles. The zero-order chi connectivity index (χ0) is 14.0. The first-order valence-electron chi connectivity index (χ1n) is 6.19. The first-order valence-corrected chi connectivity index (χ1v) is 6.19. The minimum absolute atomic E-state index is 0.190. The maximum atomic E-state index is 13.0. The Morgan fingerprint density at radius 3 is 2.58 bits per heavy atom. The van der Waals surface area contributed by atoms with E-state index in [1.54, 1.807) is 6.92 Å². The Morgan fingerprint density at radius 2 is 2.11 bits per heavy atom. The van der Waals surface area contributed by atoms with Crippen molar-refractivity contribution in [2.45, 2.75) is 44.8 Å². The smallest absolute Gasteiger partial charge is 0.351 e. The zero-order valence-electron chi connectivity index (χ0n) is 10.5. The summed E-state index contributed by atoms with van der Waals surface area (Å²) >= 11 is 0. The molecule has 1 aliphatic carbocycles. The summed E-state index contributed by atoms with van der Waals surface area (Å²) in [7, 11) is 0. The third kappa shape index (κ3) is 3.27. The molecule has 4 nitrogen and oxygen atoms in total. The summed E-state index contributed by atoms with van der Waals surface area (Å²) in [4.78, 5) is 11.7. The molecule has 1 aliphatic rings. The molecule has 19 heavy (non-hydrogen) atoms. The zero-order valence-corrected chi connectivity index (χ0v) is 10.5. The van der Waals surface area contributed by atoms with Gasteiger partial charge < -0.3 is 9.84 Å². The van der Waals surface area contributed by atoms with Gasteiger partial charge in [0.25, 0.3) is 5.91 Å². The van der Waals surface area contributed by atoms with Crippen LogP contribution in [0.15, 0.2) is 10.6 Å². The van der Waals surface area contributed by atoms with Gasteiger partial charge in [-0.2, -0.15) is 13.2 Å². The monoisotopic (exact) mass is 276 g/mol. The fraction of sp³-hybridized carbons (Fsp3) is 0.667. The second-order valence-electron chi connectivity index (χ2n) is 4.87. The lowest BCUT2D eigenvalue weighted by Crippen LogP contribution is -2.49. The predicted octanol–water partition coefficient (Wildman–Crippen LogP) is 2.83. The van der Waals surface area contributed by atoms with Gasteiger partial charge in [-0.15, -0.1) is 0 Å². The van der Waals surface area contributed by atoms with Gasteiger partial charge in [0.2, 0.25) is 5.76 Å². The molecule has 1 atom stereocenters. The summed E-state index contributed by atoms with van der Waals surface area (Å²) in [5.74, 6) is -1.60. The maximum absolute atomic E-state index is 13.0. The van der Waals surface area contributed by atoms with Crippen LogP contribution in [0.3, 0.4) is 0 Å². The molecule has 1 heterocycles. The van der Waals surface area contributed by atoms with E-state index in [1.165, 1.54) is 6.07 Å². The van der Waals surface area contributed by atoms with Crippen molar-refractivity contribution in [3.05, 3.63) is 17.5 Å². The van der Waals surface area contributed by atoms with Gasteiger partial charge >= 0.3 is 6.18 Å². The van der Waals surface area contributed by atoms with Crippen LogP contribution in [0.1, 0.15) is 41.9 Å². The predicted molar refractivity (Wildman–Crippen MR) is 60.5 cm³/mol. The average Bonchev–Trinajstić information content (AvgIpc) is 2.94. The highest BCUT2D eigenvalue weighted by Crippen LogP contribution is 2.35. The first kappa shape index (κ1) is 13.9. The summed E-state index contributed by atoms with van der Waals surface area (Å²) in [5, 5.41) is 5.52. The Hall–Kier alpha value is -1.53. The van der Waals surface area contributed by atoms with E-state index in [9.17, 15) is 18.0 Å². The molecule has 1 N–H and O–H groups in total. The van der Waals surface area contributed by atoms with E-state index >= 15 is 0 Å². The number of hydrogen-bond donors (Lipinski definition) is 1. The molecular weight excluding hydrogens is 261 g/mol. The summed E-state index contributed by atoms with van der Waals surface area (Å²) in [6.45, 7) is 1.60. The van der Waals surface area contributed by atoms with Crippen LogP contribution >= 0.6 is 0 Å².